The third kappa shape index (κ3) is 5.08. The van der Waals surface area contributed by atoms with Crippen molar-refractivity contribution in [2.45, 2.75) is 13.1 Å². The molecule has 0 unspecified atom stereocenters. The van der Waals surface area contributed by atoms with Crippen LogP contribution in [0.1, 0.15) is 10.4 Å². The fourth-order valence-corrected chi connectivity index (χ4v) is 2.71. The van der Waals surface area contributed by atoms with Gasteiger partial charge < -0.3 is 15.0 Å². The molecule has 1 heterocycles. The number of nitrogens with one attached hydrogen (secondary N) is 1. The van der Waals surface area contributed by atoms with E-state index >= 15 is 0 Å². The van der Waals surface area contributed by atoms with Crippen LogP contribution in [-0.2, 0) is 17.8 Å². The van der Waals surface area contributed by atoms with Crippen LogP contribution < -0.4 is 10.2 Å². The van der Waals surface area contributed by atoms with Crippen molar-refractivity contribution in [3.8, 4) is 0 Å². The van der Waals surface area contributed by atoms with E-state index in [-0.39, 0.29) is 5.82 Å². The third-order valence-corrected chi connectivity index (χ3v) is 4.09. The minimum atomic E-state index is -0.208. The van der Waals surface area contributed by atoms with Crippen molar-refractivity contribution in [2.24, 2.45) is 0 Å². The first-order valence-corrected chi connectivity index (χ1v) is 7.60. The first-order chi connectivity index (χ1) is 10.2. The van der Waals surface area contributed by atoms with Gasteiger partial charge in [-0.3, -0.25) is 0 Å². The lowest BCUT2D eigenvalue weighted by molar-refractivity contribution is 0.199. The number of hydrogen-bond acceptors (Lipinski definition) is 5. The topological polar surface area (TPSA) is 37.4 Å². The van der Waals surface area contributed by atoms with Gasteiger partial charge in [-0.1, -0.05) is 12.1 Å². The predicted molar refractivity (Wildman–Crippen MR) is 84.2 cm³/mol. The lowest BCUT2D eigenvalue weighted by Crippen LogP contribution is -2.17. The first kappa shape index (κ1) is 15.9. The zero-order valence-corrected chi connectivity index (χ0v) is 13.1. The summed E-state index contributed by atoms with van der Waals surface area (Å²) in [6, 6.07) is 6.56. The number of halogens is 1. The molecule has 0 aliphatic rings. The van der Waals surface area contributed by atoms with Crippen LogP contribution in [0.5, 0.6) is 0 Å². The minimum absolute atomic E-state index is 0.208. The number of rotatable bonds is 8. The summed E-state index contributed by atoms with van der Waals surface area (Å²) < 4.78 is 17.9. The molecule has 2 aromatic rings. The Hall–Kier alpha value is -1.50. The number of ether oxygens (including phenoxy) is 1. The Kier molecular flexibility index (Phi) is 6.10. The van der Waals surface area contributed by atoms with Gasteiger partial charge in [0.15, 0.2) is 5.13 Å². The Balaban J connectivity index is 1.86. The second kappa shape index (κ2) is 8.07. The van der Waals surface area contributed by atoms with Crippen LogP contribution >= 0.6 is 11.3 Å². The second-order valence-electron chi connectivity index (χ2n) is 4.76. The summed E-state index contributed by atoms with van der Waals surface area (Å²) in [6.45, 7) is 3.04. The quantitative estimate of drug-likeness (QED) is 0.761. The summed E-state index contributed by atoms with van der Waals surface area (Å²) in [5.74, 6) is -0.208. The highest BCUT2D eigenvalue weighted by Gasteiger charge is 2.07. The predicted octanol–water partition coefficient (Wildman–Crippen LogP) is 2.65. The normalized spacial score (nSPS) is 10.8. The standard InChI is InChI=1S/C15H20FN3OS/c1-19(11-12-3-5-13(16)6-4-12)15-18-10-14(21-15)9-17-7-8-20-2/h3-6,10,17H,7-9,11H2,1-2H3. The van der Waals surface area contributed by atoms with Gasteiger partial charge in [0, 0.05) is 44.9 Å². The molecule has 1 N–H and O–H groups in total. The van der Waals surface area contributed by atoms with Crippen LogP contribution in [-0.4, -0.2) is 32.3 Å². The average molecular weight is 309 g/mol. The van der Waals surface area contributed by atoms with Gasteiger partial charge >= 0.3 is 0 Å². The van der Waals surface area contributed by atoms with Crippen molar-refractivity contribution in [3.63, 3.8) is 0 Å². The summed E-state index contributed by atoms with van der Waals surface area (Å²) in [4.78, 5) is 7.68. The van der Waals surface area contributed by atoms with Crippen LogP contribution in [0, 0.1) is 5.82 Å². The molecule has 2 rings (SSSR count). The summed E-state index contributed by atoms with van der Waals surface area (Å²) in [6.07, 6.45) is 1.89. The van der Waals surface area contributed by atoms with Crippen LogP contribution in [0.15, 0.2) is 30.5 Å². The second-order valence-corrected chi connectivity index (χ2v) is 5.85. The maximum absolute atomic E-state index is 12.9. The molecule has 0 saturated heterocycles. The number of thiazole rings is 1. The summed E-state index contributed by atoms with van der Waals surface area (Å²) >= 11 is 1.66. The SMILES string of the molecule is COCCNCc1cnc(N(C)Cc2ccc(F)cc2)s1. The van der Waals surface area contributed by atoms with E-state index < -0.39 is 0 Å². The molecule has 0 saturated carbocycles. The highest BCUT2D eigenvalue weighted by atomic mass is 32.1. The van der Waals surface area contributed by atoms with Crippen LogP contribution in [0.2, 0.25) is 0 Å². The summed E-state index contributed by atoms with van der Waals surface area (Å²) in [5.41, 5.74) is 1.06. The molecule has 0 radical (unpaired) electrons. The minimum Gasteiger partial charge on any atom is -0.383 e. The van der Waals surface area contributed by atoms with Crippen LogP contribution in [0.25, 0.3) is 0 Å². The zero-order chi connectivity index (χ0) is 15.1. The van der Waals surface area contributed by atoms with E-state index in [2.05, 4.69) is 15.2 Å². The van der Waals surface area contributed by atoms with Gasteiger partial charge in [-0.2, -0.15) is 0 Å². The van der Waals surface area contributed by atoms with Crippen molar-refractivity contribution < 1.29 is 9.13 Å². The molecule has 1 aromatic heterocycles. The van der Waals surface area contributed by atoms with Gasteiger partial charge in [0.2, 0.25) is 0 Å². The molecule has 4 nitrogen and oxygen atoms in total. The van der Waals surface area contributed by atoms with Crippen molar-refractivity contribution in [3.05, 3.63) is 46.7 Å². The maximum atomic E-state index is 12.9. The Bertz CT molecular complexity index is 544. The Labute approximate surface area is 128 Å². The van der Waals surface area contributed by atoms with Gasteiger partial charge in [0.25, 0.3) is 0 Å². The molecule has 114 valence electrons. The molecule has 0 fully saturated rings. The van der Waals surface area contributed by atoms with E-state index in [1.54, 1.807) is 30.6 Å². The molecule has 0 atom stereocenters. The number of anilines is 1. The number of nitrogens with zero attached hydrogens (tertiary/aromatic N) is 2. The molecule has 0 spiro atoms. The van der Waals surface area contributed by atoms with E-state index in [9.17, 15) is 4.39 Å². The molecule has 0 amide bonds. The zero-order valence-electron chi connectivity index (χ0n) is 12.3. The van der Waals surface area contributed by atoms with Crippen LogP contribution in [0.4, 0.5) is 9.52 Å². The van der Waals surface area contributed by atoms with E-state index in [0.29, 0.717) is 13.2 Å². The smallest absolute Gasteiger partial charge is 0.185 e. The van der Waals surface area contributed by atoms with Gasteiger partial charge in [0.05, 0.1) is 6.61 Å². The number of hydrogen-bond donors (Lipinski definition) is 1. The molecule has 0 aliphatic heterocycles. The first-order valence-electron chi connectivity index (χ1n) is 6.79. The molecule has 21 heavy (non-hydrogen) atoms. The molecule has 0 bridgehead atoms. The number of methoxy groups -OCH3 is 1. The lowest BCUT2D eigenvalue weighted by Gasteiger charge is -2.15. The molecular formula is C15H20FN3OS. The fourth-order valence-electron chi connectivity index (χ4n) is 1.87. The Morgan fingerprint density at radius 3 is 2.81 bits per heavy atom. The fraction of sp³-hybridized carbons (Fsp3) is 0.400. The van der Waals surface area contributed by atoms with Gasteiger partial charge in [0.1, 0.15) is 5.82 Å². The highest BCUT2D eigenvalue weighted by Crippen LogP contribution is 2.22. The van der Waals surface area contributed by atoms with Gasteiger partial charge in [-0.25, -0.2) is 9.37 Å². The van der Waals surface area contributed by atoms with Crippen molar-refractivity contribution in [1.29, 1.82) is 0 Å². The van der Waals surface area contributed by atoms with E-state index in [1.165, 1.54) is 17.0 Å². The van der Waals surface area contributed by atoms with Crippen molar-refractivity contribution in [1.82, 2.24) is 10.3 Å². The van der Waals surface area contributed by atoms with Crippen molar-refractivity contribution >= 4 is 16.5 Å². The Morgan fingerprint density at radius 1 is 1.33 bits per heavy atom. The van der Waals surface area contributed by atoms with E-state index in [4.69, 9.17) is 4.74 Å². The Morgan fingerprint density at radius 2 is 2.10 bits per heavy atom. The van der Waals surface area contributed by atoms with E-state index in [1.807, 2.05) is 13.2 Å². The lowest BCUT2D eigenvalue weighted by atomic mass is 10.2. The average Bonchev–Trinajstić information content (AvgIpc) is 2.95. The monoisotopic (exact) mass is 309 g/mol. The van der Waals surface area contributed by atoms with Gasteiger partial charge in [-0.15, -0.1) is 11.3 Å². The van der Waals surface area contributed by atoms with E-state index in [0.717, 1.165) is 23.8 Å². The molecule has 0 aliphatic carbocycles. The summed E-state index contributed by atoms with van der Waals surface area (Å²) in [5, 5.41) is 4.26. The van der Waals surface area contributed by atoms with Gasteiger partial charge in [-0.05, 0) is 17.7 Å². The number of aromatic nitrogens is 1. The largest absolute Gasteiger partial charge is 0.383 e. The third-order valence-electron chi connectivity index (χ3n) is 2.98. The summed E-state index contributed by atoms with van der Waals surface area (Å²) in [7, 11) is 3.68. The molecule has 6 heteroatoms. The van der Waals surface area contributed by atoms with Crippen LogP contribution in [0.3, 0.4) is 0 Å². The maximum Gasteiger partial charge on any atom is 0.185 e. The molecular weight excluding hydrogens is 289 g/mol. The highest BCUT2D eigenvalue weighted by molar-refractivity contribution is 7.15. The molecule has 1 aromatic carbocycles. The van der Waals surface area contributed by atoms with Crippen molar-refractivity contribution in [2.75, 3.05) is 32.2 Å². The number of benzene rings is 1.